The number of esters is 1. The Morgan fingerprint density at radius 2 is 2.31 bits per heavy atom. The van der Waals surface area contributed by atoms with Crippen LogP contribution in [0.15, 0.2) is 0 Å². The van der Waals surface area contributed by atoms with Crippen molar-refractivity contribution in [2.24, 2.45) is 11.8 Å². The highest BCUT2D eigenvalue weighted by Crippen LogP contribution is 2.24. The molecule has 0 aromatic heterocycles. The van der Waals surface area contributed by atoms with Crippen LogP contribution in [0.1, 0.15) is 26.7 Å². The minimum absolute atomic E-state index is 0.0839. The first-order chi connectivity index (χ1) is 6.15. The summed E-state index contributed by atoms with van der Waals surface area (Å²) < 4.78 is 4.67. The van der Waals surface area contributed by atoms with Gasteiger partial charge in [0.2, 0.25) is 0 Å². The Balaban J connectivity index is 2.44. The van der Waals surface area contributed by atoms with Gasteiger partial charge in [0.05, 0.1) is 7.11 Å². The van der Waals surface area contributed by atoms with Gasteiger partial charge in [-0.3, -0.25) is 4.79 Å². The summed E-state index contributed by atoms with van der Waals surface area (Å²) in [4.78, 5) is 11.1. The zero-order valence-electron chi connectivity index (χ0n) is 8.67. The van der Waals surface area contributed by atoms with E-state index in [1.54, 1.807) is 0 Å². The van der Waals surface area contributed by atoms with E-state index in [1.807, 2.05) is 0 Å². The van der Waals surface area contributed by atoms with Crippen molar-refractivity contribution in [1.29, 1.82) is 0 Å². The van der Waals surface area contributed by atoms with Crippen molar-refractivity contribution < 1.29 is 9.53 Å². The smallest absolute Gasteiger partial charge is 0.305 e. The molecule has 1 N–H and O–H groups in total. The molecule has 0 aromatic rings. The maximum Gasteiger partial charge on any atom is 0.305 e. The number of carbonyl (C=O) groups is 1. The molecule has 3 heteroatoms. The summed E-state index contributed by atoms with van der Waals surface area (Å²) in [5, 5.41) is 3.43. The summed E-state index contributed by atoms with van der Waals surface area (Å²) in [6.45, 7) is 5.41. The van der Waals surface area contributed by atoms with Crippen LogP contribution in [-0.2, 0) is 9.53 Å². The Morgan fingerprint density at radius 1 is 1.62 bits per heavy atom. The van der Waals surface area contributed by atoms with Gasteiger partial charge in [0, 0.05) is 12.5 Å². The van der Waals surface area contributed by atoms with Crippen LogP contribution in [0, 0.1) is 11.8 Å². The van der Waals surface area contributed by atoms with Crippen molar-refractivity contribution in [3.05, 3.63) is 0 Å². The molecule has 0 radical (unpaired) electrons. The van der Waals surface area contributed by atoms with E-state index in [2.05, 4.69) is 23.9 Å². The van der Waals surface area contributed by atoms with Gasteiger partial charge in [-0.15, -0.1) is 0 Å². The monoisotopic (exact) mass is 185 g/mol. The lowest BCUT2D eigenvalue weighted by atomic mass is 9.89. The van der Waals surface area contributed by atoms with Crippen molar-refractivity contribution >= 4 is 5.97 Å². The Morgan fingerprint density at radius 3 is 2.85 bits per heavy atom. The van der Waals surface area contributed by atoms with Gasteiger partial charge in [-0.25, -0.2) is 0 Å². The van der Waals surface area contributed by atoms with E-state index in [1.165, 1.54) is 7.11 Å². The number of methoxy groups -OCH3 is 1. The SMILES string of the molecule is COC(=O)CC1CCNC1C(C)C. The largest absolute Gasteiger partial charge is 0.469 e. The molecule has 1 rings (SSSR count). The van der Waals surface area contributed by atoms with E-state index >= 15 is 0 Å². The quantitative estimate of drug-likeness (QED) is 0.671. The first kappa shape index (κ1) is 10.5. The number of ether oxygens (including phenoxy) is 1. The molecule has 3 nitrogen and oxygen atoms in total. The molecule has 0 saturated carbocycles. The molecular weight excluding hydrogens is 166 g/mol. The number of hydrogen-bond acceptors (Lipinski definition) is 3. The molecular formula is C10H19NO2. The Kier molecular flexibility index (Phi) is 3.72. The molecule has 0 aliphatic carbocycles. The van der Waals surface area contributed by atoms with Crippen LogP contribution < -0.4 is 5.32 Å². The molecule has 2 atom stereocenters. The Bertz CT molecular complexity index is 180. The molecule has 13 heavy (non-hydrogen) atoms. The second-order valence-electron chi connectivity index (χ2n) is 4.05. The van der Waals surface area contributed by atoms with Gasteiger partial charge in [-0.05, 0) is 24.8 Å². The van der Waals surface area contributed by atoms with E-state index in [0.717, 1.165) is 13.0 Å². The number of carbonyl (C=O) groups excluding carboxylic acids is 1. The van der Waals surface area contributed by atoms with Crippen LogP contribution in [-0.4, -0.2) is 25.7 Å². The average Bonchev–Trinajstić information content (AvgIpc) is 2.52. The second kappa shape index (κ2) is 4.61. The Hall–Kier alpha value is -0.570. The highest BCUT2D eigenvalue weighted by Gasteiger charge is 2.30. The first-order valence-corrected chi connectivity index (χ1v) is 4.95. The third-order valence-electron chi connectivity index (χ3n) is 2.78. The predicted octanol–water partition coefficient (Wildman–Crippen LogP) is 1.18. The lowest BCUT2D eigenvalue weighted by Gasteiger charge is -2.21. The van der Waals surface area contributed by atoms with Crippen LogP contribution in [0.4, 0.5) is 0 Å². The molecule has 0 amide bonds. The maximum atomic E-state index is 11.1. The molecule has 1 heterocycles. The van der Waals surface area contributed by atoms with Crippen molar-refractivity contribution in [2.45, 2.75) is 32.7 Å². The summed E-state index contributed by atoms with van der Waals surface area (Å²) in [5.41, 5.74) is 0. The van der Waals surface area contributed by atoms with Gasteiger partial charge < -0.3 is 10.1 Å². The summed E-state index contributed by atoms with van der Waals surface area (Å²) in [5.74, 6) is 0.976. The number of nitrogens with one attached hydrogen (secondary N) is 1. The average molecular weight is 185 g/mol. The van der Waals surface area contributed by atoms with Crippen molar-refractivity contribution in [3.8, 4) is 0 Å². The van der Waals surface area contributed by atoms with Crippen LogP contribution in [0.3, 0.4) is 0 Å². The summed E-state index contributed by atoms with van der Waals surface area (Å²) >= 11 is 0. The standard InChI is InChI=1S/C10H19NO2/c1-7(2)10-8(4-5-11-10)6-9(12)13-3/h7-8,10-11H,4-6H2,1-3H3. The fourth-order valence-corrected chi connectivity index (χ4v) is 2.09. The van der Waals surface area contributed by atoms with Gasteiger partial charge in [0.1, 0.15) is 0 Å². The van der Waals surface area contributed by atoms with Crippen LogP contribution in [0.5, 0.6) is 0 Å². The molecule has 76 valence electrons. The maximum absolute atomic E-state index is 11.1. The fourth-order valence-electron chi connectivity index (χ4n) is 2.09. The summed E-state index contributed by atoms with van der Waals surface area (Å²) in [6, 6.07) is 0.485. The third-order valence-corrected chi connectivity index (χ3v) is 2.78. The van der Waals surface area contributed by atoms with Crippen molar-refractivity contribution in [1.82, 2.24) is 5.32 Å². The van der Waals surface area contributed by atoms with Gasteiger partial charge in [-0.2, -0.15) is 0 Å². The van der Waals surface area contributed by atoms with E-state index in [4.69, 9.17) is 0 Å². The molecule has 2 unspecified atom stereocenters. The molecule has 1 saturated heterocycles. The van der Waals surface area contributed by atoms with Gasteiger partial charge in [0.25, 0.3) is 0 Å². The second-order valence-corrected chi connectivity index (χ2v) is 4.05. The van der Waals surface area contributed by atoms with Gasteiger partial charge in [-0.1, -0.05) is 13.8 Å². The lowest BCUT2D eigenvalue weighted by Crippen LogP contribution is -2.33. The molecule has 0 spiro atoms. The topological polar surface area (TPSA) is 38.3 Å². The highest BCUT2D eigenvalue weighted by molar-refractivity contribution is 5.69. The predicted molar refractivity (Wildman–Crippen MR) is 51.4 cm³/mol. The minimum Gasteiger partial charge on any atom is -0.469 e. The van der Waals surface area contributed by atoms with Crippen molar-refractivity contribution in [2.75, 3.05) is 13.7 Å². The van der Waals surface area contributed by atoms with E-state index < -0.39 is 0 Å². The molecule has 1 fully saturated rings. The molecule has 0 bridgehead atoms. The van der Waals surface area contributed by atoms with E-state index in [0.29, 0.717) is 24.3 Å². The zero-order chi connectivity index (χ0) is 9.84. The zero-order valence-corrected chi connectivity index (χ0v) is 8.67. The fraction of sp³-hybridized carbons (Fsp3) is 0.900. The van der Waals surface area contributed by atoms with E-state index in [9.17, 15) is 4.79 Å². The summed E-state index contributed by atoms with van der Waals surface area (Å²) in [7, 11) is 1.45. The van der Waals surface area contributed by atoms with Gasteiger partial charge in [0.15, 0.2) is 0 Å². The lowest BCUT2D eigenvalue weighted by molar-refractivity contribution is -0.141. The van der Waals surface area contributed by atoms with Crippen LogP contribution in [0.25, 0.3) is 0 Å². The minimum atomic E-state index is -0.0839. The molecule has 1 aliphatic heterocycles. The highest BCUT2D eigenvalue weighted by atomic mass is 16.5. The number of hydrogen-bond donors (Lipinski definition) is 1. The van der Waals surface area contributed by atoms with E-state index in [-0.39, 0.29) is 5.97 Å². The van der Waals surface area contributed by atoms with Crippen molar-refractivity contribution in [3.63, 3.8) is 0 Å². The van der Waals surface area contributed by atoms with Crippen LogP contribution in [0.2, 0.25) is 0 Å². The first-order valence-electron chi connectivity index (χ1n) is 4.95. The number of rotatable bonds is 3. The third kappa shape index (κ3) is 2.69. The Labute approximate surface area is 79.8 Å². The summed E-state index contributed by atoms with van der Waals surface area (Å²) in [6.07, 6.45) is 1.66. The molecule has 0 aromatic carbocycles. The molecule has 1 aliphatic rings. The van der Waals surface area contributed by atoms with Gasteiger partial charge >= 0.3 is 5.97 Å². The van der Waals surface area contributed by atoms with Crippen LogP contribution >= 0.6 is 0 Å². The normalized spacial score (nSPS) is 28.0.